The Balaban J connectivity index is 2.11. The summed E-state index contributed by atoms with van der Waals surface area (Å²) in [6, 6.07) is 8.41. The molecule has 1 aromatic heterocycles. The standard InChI is InChI=1S/C20H19BrClN3O4/c1-4-28-15-9-12(16(21)17(22)18(15)29-11(2)3)10-23-25-19(26)13-7-5-6-8-14(13)24-20(25)27/h5-11H,4H2,1-3H3,(H,24,27). The third-order valence-electron chi connectivity index (χ3n) is 3.91. The van der Waals surface area contributed by atoms with Crippen LogP contribution >= 0.6 is 27.5 Å². The summed E-state index contributed by atoms with van der Waals surface area (Å²) in [6.45, 7) is 6.02. The van der Waals surface area contributed by atoms with Crippen LogP contribution in [0.2, 0.25) is 5.02 Å². The second kappa shape index (κ2) is 8.84. The van der Waals surface area contributed by atoms with Gasteiger partial charge >= 0.3 is 5.69 Å². The molecule has 0 fully saturated rings. The van der Waals surface area contributed by atoms with Gasteiger partial charge in [-0.05, 0) is 54.9 Å². The van der Waals surface area contributed by atoms with Crippen molar-refractivity contribution in [1.82, 2.24) is 9.66 Å². The second-order valence-electron chi connectivity index (χ2n) is 6.36. The number of para-hydroxylation sites is 1. The van der Waals surface area contributed by atoms with Crippen LogP contribution in [0.15, 0.2) is 49.5 Å². The summed E-state index contributed by atoms with van der Waals surface area (Å²) in [5.41, 5.74) is -0.189. The van der Waals surface area contributed by atoms with Crippen LogP contribution in [0, 0.1) is 0 Å². The fourth-order valence-electron chi connectivity index (χ4n) is 2.68. The molecule has 0 bridgehead atoms. The monoisotopic (exact) mass is 479 g/mol. The lowest BCUT2D eigenvalue weighted by Crippen LogP contribution is -2.32. The Morgan fingerprint density at radius 1 is 1.31 bits per heavy atom. The molecule has 7 nitrogen and oxygen atoms in total. The third-order valence-corrected chi connectivity index (χ3v) is 5.35. The fourth-order valence-corrected chi connectivity index (χ4v) is 3.33. The van der Waals surface area contributed by atoms with E-state index in [1.54, 1.807) is 30.3 Å². The Bertz CT molecular complexity index is 1200. The number of rotatable bonds is 6. The summed E-state index contributed by atoms with van der Waals surface area (Å²) in [4.78, 5) is 27.5. The Morgan fingerprint density at radius 2 is 2.03 bits per heavy atom. The highest BCUT2D eigenvalue weighted by molar-refractivity contribution is 9.10. The number of hydrogen-bond acceptors (Lipinski definition) is 5. The molecule has 3 rings (SSSR count). The molecule has 152 valence electrons. The van der Waals surface area contributed by atoms with E-state index in [0.717, 1.165) is 4.68 Å². The molecule has 0 spiro atoms. The molecule has 0 unspecified atom stereocenters. The molecule has 3 aromatic rings. The largest absolute Gasteiger partial charge is 0.490 e. The number of H-pyrrole nitrogens is 1. The fraction of sp³-hybridized carbons (Fsp3) is 0.250. The van der Waals surface area contributed by atoms with Crippen molar-refractivity contribution in [3.63, 3.8) is 0 Å². The highest BCUT2D eigenvalue weighted by atomic mass is 79.9. The molecule has 29 heavy (non-hydrogen) atoms. The molecule has 0 radical (unpaired) electrons. The van der Waals surface area contributed by atoms with E-state index in [1.807, 2.05) is 20.8 Å². The minimum atomic E-state index is -0.642. The summed E-state index contributed by atoms with van der Waals surface area (Å²) in [6.07, 6.45) is 1.26. The van der Waals surface area contributed by atoms with Gasteiger partial charge in [-0.3, -0.25) is 4.79 Å². The number of aromatic amines is 1. The molecule has 1 heterocycles. The van der Waals surface area contributed by atoms with Gasteiger partial charge in [-0.15, -0.1) is 4.68 Å². The van der Waals surface area contributed by atoms with E-state index in [-0.39, 0.29) is 6.10 Å². The topological polar surface area (TPSA) is 85.7 Å². The van der Waals surface area contributed by atoms with E-state index in [0.29, 0.717) is 44.1 Å². The van der Waals surface area contributed by atoms with Gasteiger partial charge < -0.3 is 14.5 Å². The van der Waals surface area contributed by atoms with Gasteiger partial charge in [0.1, 0.15) is 5.02 Å². The number of nitrogens with one attached hydrogen (secondary N) is 1. The van der Waals surface area contributed by atoms with E-state index < -0.39 is 11.2 Å². The van der Waals surface area contributed by atoms with Crippen molar-refractivity contribution in [3.05, 3.63) is 66.2 Å². The average Bonchev–Trinajstić information content (AvgIpc) is 2.68. The van der Waals surface area contributed by atoms with Gasteiger partial charge in [-0.1, -0.05) is 23.7 Å². The molecule has 1 N–H and O–H groups in total. The molecule has 0 aliphatic rings. The normalized spacial score (nSPS) is 11.5. The van der Waals surface area contributed by atoms with Gasteiger partial charge in [0, 0.05) is 10.0 Å². The van der Waals surface area contributed by atoms with Crippen molar-refractivity contribution in [1.29, 1.82) is 0 Å². The maximum absolute atomic E-state index is 12.6. The SMILES string of the molecule is CCOc1cc(C=Nn2c(=O)[nH]c3ccccc3c2=O)c(Br)c(Cl)c1OC(C)C. The van der Waals surface area contributed by atoms with Crippen LogP contribution in [-0.4, -0.2) is 28.6 Å². The Labute approximate surface area is 180 Å². The molecule has 0 aliphatic heterocycles. The molecule has 0 aliphatic carbocycles. The number of fused-ring (bicyclic) bond motifs is 1. The maximum Gasteiger partial charge on any atom is 0.349 e. The van der Waals surface area contributed by atoms with Crippen molar-refractivity contribution in [3.8, 4) is 11.5 Å². The van der Waals surface area contributed by atoms with Gasteiger partial charge in [0.2, 0.25) is 0 Å². The van der Waals surface area contributed by atoms with Gasteiger partial charge in [-0.25, -0.2) is 4.79 Å². The first-order valence-corrected chi connectivity index (χ1v) is 10.1. The molecule has 0 saturated carbocycles. The maximum atomic E-state index is 12.6. The second-order valence-corrected chi connectivity index (χ2v) is 7.53. The molecular formula is C20H19BrClN3O4. The number of nitrogens with zero attached hydrogens (tertiary/aromatic N) is 2. The van der Waals surface area contributed by atoms with Gasteiger partial charge in [-0.2, -0.15) is 5.10 Å². The van der Waals surface area contributed by atoms with E-state index in [1.165, 1.54) is 6.21 Å². The lowest BCUT2D eigenvalue weighted by molar-refractivity contribution is 0.224. The molecule has 2 aromatic carbocycles. The summed E-state index contributed by atoms with van der Waals surface area (Å²) in [7, 11) is 0. The van der Waals surface area contributed by atoms with Gasteiger partial charge in [0.15, 0.2) is 11.5 Å². The molecule has 9 heteroatoms. The van der Waals surface area contributed by atoms with Crippen LogP contribution in [-0.2, 0) is 0 Å². The summed E-state index contributed by atoms with van der Waals surface area (Å²) >= 11 is 9.88. The number of benzene rings is 2. The lowest BCUT2D eigenvalue weighted by Gasteiger charge is -2.18. The van der Waals surface area contributed by atoms with Crippen molar-refractivity contribution < 1.29 is 9.47 Å². The molecular weight excluding hydrogens is 462 g/mol. The average molecular weight is 481 g/mol. The minimum absolute atomic E-state index is 0.104. The number of hydrogen-bond donors (Lipinski definition) is 1. The van der Waals surface area contributed by atoms with E-state index in [4.69, 9.17) is 21.1 Å². The highest BCUT2D eigenvalue weighted by Crippen LogP contribution is 2.42. The van der Waals surface area contributed by atoms with Crippen LogP contribution in [0.1, 0.15) is 26.3 Å². The van der Waals surface area contributed by atoms with Crippen molar-refractivity contribution in [2.45, 2.75) is 26.9 Å². The smallest absolute Gasteiger partial charge is 0.349 e. The molecule has 0 amide bonds. The van der Waals surface area contributed by atoms with Crippen LogP contribution in [0.4, 0.5) is 0 Å². The minimum Gasteiger partial charge on any atom is -0.490 e. The Morgan fingerprint density at radius 3 is 2.72 bits per heavy atom. The van der Waals surface area contributed by atoms with E-state index in [2.05, 4.69) is 26.0 Å². The number of halogens is 2. The summed E-state index contributed by atoms with van der Waals surface area (Å²) in [5.74, 6) is 0.851. The first-order chi connectivity index (χ1) is 13.8. The quantitative estimate of drug-likeness (QED) is 0.537. The summed E-state index contributed by atoms with van der Waals surface area (Å²) < 4.78 is 12.7. The van der Waals surface area contributed by atoms with Crippen molar-refractivity contribution in [2.75, 3.05) is 6.61 Å². The third kappa shape index (κ3) is 4.38. The first kappa shape index (κ1) is 21.1. The van der Waals surface area contributed by atoms with Crippen LogP contribution in [0.5, 0.6) is 11.5 Å². The summed E-state index contributed by atoms with van der Waals surface area (Å²) in [5, 5.41) is 4.74. The predicted molar refractivity (Wildman–Crippen MR) is 118 cm³/mol. The van der Waals surface area contributed by atoms with Crippen LogP contribution in [0.25, 0.3) is 10.9 Å². The zero-order valence-electron chi connectivity index (χ0n) is 16.0. The zero-order valence-corrected chi connectivity index (χ0v) is 18.4. The number of aromatic nitrogens is 2. The predicted octanol–water partition coefficient (Wildman–Crippen LogP) is 4.17. The van der Waals surface area contributed by atoms with Crippen molar-refractivity contribution >= 4 is 44.6 Å². The Hall–Kier alpha value is -2.58. The van der Waals surface area contributed by atoms with Gasteiger partial charge in [0.05, 0.1) is 29.8 Å². The van der Waals surface area contributed by atoms with E-state index in [9.17, 15) is 9.59 Å². The van der Waals surface area contributed by atoms with Crippen LogP contribution in [0.3, 0.4) is 0 Å². The number of ether oxygens (including phenoxy) is 2. The van der Waals surface area contributed by atoms with Gasteiger partial charge in [0.25, 0.3) is 5.56 Å². The van der Waals surface area contributed by atoms with E-state index >= 15 is 0 Å². The first-order valence-electron chi connectivity index (χ1n) is 8.93. The van der Waals surface area contributed by atoms with Crippen molar-refractivity contribution in [2.24, 2.45) is 5.10 Å². The zero-order chi connectivity index (χ0) is 21.1. The molecule has 0 atom stereocenters. The highest BCUT2D eigenvalue weighted by Gasteiger charge is 2.18. The van der Waals surface area contributed by atoms with Crippen LogP contribution < -0.4 is 20.7 Å². The molecule has 0 saturated heterocycles. The Kier molecular flexibility index (Phi) is 6.44. The lowest BCUT2D eigenvalue weighted by atomic mass is 10.2.